The Kier molecular flexibility index (Phi) is 21.7. The number of nitrogens with two attached hydrogens (primary N) is 1. The van der Waals surface area contributed by atoms with Crippen LogP contribution < -0.4 is 16.4 Å². The molecule has 0 aliphatic heterocycles. The van der Waals surface area contributed by atoms with Crippen molar-refractivity contribution in [3.8, 4) is 0 Å². The second kappa shape index (κ2) is 23.0. The van der Waals surface area contributed by atoms with E-state index < -0.39 is 42.4 Å². The number of carbonyl (C=O) groups excluding carboxylic acids is 3. The molecule has 0 bridgehead atoms. The van der Waals surface area contributed by atoms with Crippen LogP contribution >= 0.6 is 11.8 Å². The zero-order chi connectivity index (χ0) is 27.9. The summed E-state index contributed by atoms with van der Waals surface area (Å²) in [4.78, 5) is 58.2. The van der Waals surface area contributed by atoms with Crippen molar-refractivity contribution in [2.75, 3.05) is 12.3 Å². The standard InChI is InChI=1S/C26H47N3O7S/c1-2-3-4-5-6-7-8-9-10-11-12-13-14-15-24(33)37-19-21(25(34)28-18-23(31)32)29-22(30)17-16-20(27)26(35)36/h20-21H,2-19,27H2,1H3,(H,28,34)(H,29,30)(H,31,32)(H,35,36)/t20-,21+/m1/s1. The summed E-state index contributed by atoms with van der Waals surface area (Å²) in [5.41, 5.74) is 5.38. The second-order valence-corrected chi connectivity index (χ2v) is 10.5. The quantitative estimate of drug-likeness (QED) is 0.113. The van der Waals surface area contributed by atoms with Gasteiger partial charge in [0.1, 0.15) is 18.6 Å². The number of carbonyl (C=O) groups is 5. The molecular weight excluding hydrogens is 498 g/mol. The Morgan fingerprint density at radius 1 is 0.784 bits per heavy atom. The van der Waals surface area contributed by atoms with Crippen molar-refractivity contribution in [1.82, 2.24) is 10.6 Å². The molecule has 0 spiro atoms. The highest BCUT2D eigenvalue weighted by atomic mass is 32.2. The van der Waals surface area contributed by atoms with Gasteiger partial charge in [-0.3, -0.25) is 24.0 Å². The van der Waals surface area contributed by atoms with Crippen molar-refractivity contribution < 1.29 is 34.2 Å². The maximum absolute atomic E-state index is 12.3. The third-order valence-electron chi connectivity index (χ3n) is 5.96. The van der Waals surface area contributed by atoms with Crippen LogP contribution in [0.5, 0.6) is 0 Å². The van der Waals surface area contributed by atoms with E-state index in [1.54, 1.807) is 0 Å². The first-order valence-electron chi connectivity index (χ1n) is 13.6. The molecule has 0 saturated carbocycles. The van der Waals surface area contributed by atoms with Gasteiger partial charge in [0.15, 0.2) is 5.12 Å². The van der Waals surface area contributed by atoms with Crippen LogP contribution in [0, 0.1) is 0 Å². The molecule has 0 radical (unpaired) electrons. The molecule has 0 aromatic heterocycles. The molecule has 2 amide bonds. The molecular formula is C26H47N3O7S. The number of rotatable bonds is 24. The summed E-state index contributed by atoms with van der Waals surface area (Å²) in [7, 11) is 0. The Morgan fingerprint density at radius 2 is 1.30 bits per heavy atom. The molecule has 214 valence electrons. The number of amides is 2. The van der Waals surface area contributed by atoms with Crippen LogP contribution in [0.25, 0.3) is 0 Å². The molecule has 0 aromatic rings. The van der Waals surface area contributed by atoms with E-state index >= 15 is 0 Å². The monoisotopic (exact) mass is 545 g/mol. The number of nitrogens with one attached hydrogen (secondary N) is 2. The number of unbranched alkanes of at least 4 members (excludes halogenated alkanes) is 12. The van der Waals surface area contributed by atoms with Gasteiger partial charge in [0.2, 0.25) is 11.8 Å². The van der Waals surface area contributed by atoms with Gasteiger partial charge in [-0.2, -0.15) is 0 Å². The summed E-state index contributed by atoms with van der Waals surface area (Å²) >= 11 is 0.922. The van der Waals surface area contributed by atoms with E-state index in [2.05, 4.69) is 17.6 Å². The van der Waals surface area contributed by atoms with Gasteiger partial charge < -0.3 is 26.6 Å². The summed E-state index contributed by atoms with van der Waals surface area (Å²) < 4.78 is 0. The Labute approximate surface area is 225 Å². The lowest BCUT2D eigenvalue weighted by molar-refractivity contribution is -0.139. The minimum absolute atomic E-state index is 0.0422. The first-order chi connectivity index (χ1) is 17.7. The highest BCUT2D eigenvalue weighted by molar-refractivity contribution is 8.13. The van der Waals surface area contributed by atoms with Crippen LogP contribution in [0.15, 0.2) is 0 Å². The van der Waals surface area contributed by atoms with E-state index in [1.807, 2.05) is 0 Å². The van der Waals surface area contributed by atoms with Gasteiger partial charge >= 0.3 is 11.9 Å². The number of hydrogen-bond acceptors (Lipinski definition) is 7. The van der Waals surface area contributed by atoms with Crippen LogP contribution in [0.3, 0.4) is 0 Å². The smallest absolute Gasteiger partial charge is 0.322 e. The summed E-state index contributed by atoms with van der Waals surface area (Å²) in [6.45, 7) is 1.61. The zero-order valence-corrected chi connectivity index (χ0v) is 23.1. The minimum atomic E-state index is -1.24. The molecule has 0 fully saturated rings. The fraction of sp³-hybridized carbons (Fsp3) is 0.808. The summed E-state index contributed by atoms with van der Waals surface area (Å²) in [5.74, 6) is -3.84. The van der Waals surface area contributed by atoms with Crippen LogP contribution in [0.2, 0.25) is 0 Å². The van der Waals surface area contributed by atoms with Crippen molar-refractivity contribution in [3.05, 3.63) is 0 Å². The molecule has 0 rings (SSSR count). The predicted molar refractivity (Wildman–Crippen MR) is 145 cm³/mol. The number of thioether (sulfide) groups is 1. The van der Waals surface area contributed by atoms with E-state index in [0.29, 0.717) is 6.42 Å². The van der Waals surface area contributed by atoms with E-state index in [0.717, 1.165) is 31.0 Å². The van der Waals surface area contributed by atoms with Gasteiger partial charge in [0.25, 0.3) is 0 Å². The van der Waals surface area contributed by atoms with Crippen molar-refractivity contribution in [2.45, 2.75) is 122 Å². The van der Waals surface area contributed by atoms with E-state index in [1.165, 1.54) is 64.2 Å². The SMILES string of the molecule is CCCCCCCCCCCCCCCC(=O)SC[C@H](NC(=O)CC[C@@H](N)C(=O)O)C(=O)NCC(=O)O. The first kappa shape index (κ1) is 34.9. The fourth-order valence-corrected chi connectivity index (χ4v) is 4.56. The molecule has 10 nitrogen and oxygen atoms in total. The second-order valence-electron chi connectivity index (χ2n) is 9.39. The molecule has 0 heterocycles. The average molecular weight is 546 g/mol. The van der Waals surface area contributed by atoms with Crippen LogP contribution in [-0.2, 0) is 24.0 Å². The Bertz CT molecular complexity index is 691. The number of aliphatic carboxylic acids is 2. The molecule has 11 heteroatoms. The average Bonchev–Trinajstić information content (AvgIpc) is 2.86. The van der Waals surface area contributed by atoms with Gasteiger partial charge in [-0.05, 0) is 12.8 Å². The molecule has 2 atom stereocenters. The zero-order valence-electron chi connectivity index (χ0n) is 22.3. The van der Waals surface area contributed by atoms with Crippen molar-refractivity contribution >= 4 is 40.6 Å². The largest absolute Gasteiger partial charge is 0.480 e. The van der Waals surface area contributed by atoms with Crippen LogP contribution in [0.1, 0.15) is 110 Å². The first-order valence-corrected chi connectivity index (χ1v) is 14.6. The highest BCUT2D eigenvalue weighted by Crippen LogP contribution is 2.15. The normalized spacial score (nSPS) is 12.5. The third-order valence-corrected chi connectivity index (χ3v) is 6.99. The van der Waals surface area contributed by atoms with Crippen molar-refractivity contribution in [3.63, 3.8) is 0 Å². The lowest BCUT2D eigenvalue weighted by atomic mass is 10.0. The van der Waals surface area contributed by atoms with Gasteiger partial charge in [-0.15, -0.1) is 0 Å². The van der Waals surface area contributed by atoms with Crippen molar-refractivity contribution in [2.24, 2.45) is 5.73 Å². The maximum atomic E-state index is 12.3. The molecule has 0 saturated heterocycles. The lowest BCUT2D eigenvalue weighted by Crippen LogP contribution is -2.49. The molecule has 6 N–H and O–H groups in total. The number of carboxylic acid groups (broad SMARTS) is 2. The Hall–Kier alpha value is -2.14. The van der Waals surface area contributed by atoms with Crippen LogP contribution in [-0.4, -0.2) is 63.5 Å². The van der Waals surface area contributed by atoms with Gasteiger partial charge in [-0.25, -0.2) is 0 Å². The number of carboxylic acids is 2. The van der Waals surface area contributed by atoms with Crippen LogP contribution in [0.4, 0.5) is 0 Å². The topological polar surface area (TPSA) is 176 Å². The number of hydrogen-bond donors (Lipinski definition) is 5. The third kappa shape index (κ3) is 21.6. The van der Waals surface area contributed by atoms with E-state index in [9.17, 15) is 24.0 Å². The van der Waals surface area contributed by atoms with E-state index in [4.69, 9.17) is 15.9 Å². The minimum Gasteiger partial charge on any atom is -0.480 e. The fourth-order valence-electron chi connectivity index (χ4n) is 3.68. The molecule has 0 aromatic carbocycles. The summed E-state index contributed by atoms with van der Waals surface area (Å²) in [5, 5.41) is 22.1. The maximum Gasteiger partial charge on any atom is 0.322 e. The molecule has 0 aliphatic carbocycles. The predicted octanol–water partition coefficient (Wildman–Crippen LogP) is 3.61. The molecule has 0 unspecified atom stereocenters. The Balaban J connectivity index is 4.16. The van der Waals surface area contributed by atoms with Gasteiger partial charge in [0.05, 0.1) is 0 Å². The summed E-state index contributed by atoms with van der Waals surface area (Å²) in [6.07, 6.45) is 15.8. The van der Waals surface area contributed by atoms with E-state index in [-0.39, 0.29) is 23.7 Å². The highest BCUT2D eigenvalue weighted by Gasteiger charge is 2.23. The summed E-state index contributed by atoms with van der Waals surface area (Å²) in [6, 6.07) is -2.32. The molecule has 0 aliphatic rings. The van der Waals surface area contributed by atoms with Gasteiger partial charge in [-0.1, -0.05) is 95.7 Å². The van der Waals surface area contributed by atoms with Crippen molar-refractivity contribution in [1.29, 1.82) is 0 Å². The Morgan fingerprint density at radius 3 is 1.78 bits per heavy atom. The molecule has 37 heavy (non-hydrogen) atoms. The lowest BCUT2D eigenvalue weighted by Gasteiger charge is -2.18. The van der Waals surface area contributed by atoms with Gasteiger partial charge in [0, 0.05) is 18.6 Å².